The molecule has 25 heavy (non-hydrogen) atoms. The number of piperidine rings is 1. The van der Waals surface area contributed by atoms with Crippen LogP contribution in [0, 0.1) is 0 Å². The summed E-state index contributed by atoms with van der Waals surface area (Å²) in [4.78, 5) is 10.2. The van der Waals surface area contributed by atoms with E-state index in [1.807, 2.05) is 12.1 Å². The molecule has 1 aliphatic rings. The van der Waals surface area contributed by atoms with E-state index in [9.17, 15) is 0 Å². The van der Waals surface area contributed by atoms with Gasteiger partial charge in [-0.15, -0.1) is 0 Å². The third kappa shape index (κ3) is 4.72. The second kappa shape index (κ2) is 7.44. The summed E-state index contributed by atoms with van der Waals surface area (Å²) in [6.07, 6.45) is 4.68. The van der Waals surface area contributed by atoms with Crippen molar-refractivity contribution in [2.45, 2.75) is 51.6 Å². The summed E-state index contributed by atoms with van der Waals surface area (Å²) in [6.45, 7) is 11.3. The lowest BCUT2D eigenvalue weighted by molar-refractivity contribution is 0.324. The summed E-state index contributed by atoms with van der Waals surface area (Å²) in [7, 11) is 0. The van der Waals surface area contributed by atoms with E-state index in [-0.39, 0.29) is 11.6 Å². The molecule has 2 N–H and O–H groups in total. The van der Waals surface area contributed by atoms with Crippen LogP contribution in [-0.2, 0) is 0 Å². The van der Waals surface area contributed by atoms with Crippen LogP contribution in [0.3, 0.4) is 0 Å². The van der Waals surface area contributed by atoms with Gasteiger partial charge in [-0.2, -0.15) is 0 Å². The summed E-state index contributed by atoms with van der Waals surface area (Å²) in [5.74, 6) is 0.664. The maximum atomic E-state index is 5.69. The van der Waals surface area contributed by atoms with Crippen LogP contribution in [0.5, 0.6) is 5.06 Å². The molecule has 5 nitrogen and oxygen atoms in total. The van der Waals surface area contributed by atoms with Gasteiger partial charge in [0, 0.05) is 29.9 Å². The van der Waals surface area contributed by atoms with Crippen LogP contribution in [0.15, 0.2) is 36.7 Å². The number of nitrogens with one attached hydrogen (secondary N) is 2. The van der Waals surface area contributed by atoms with Crippen LogP contribution in [0.1, 0.15) is 40.0 Å². The molecule has 0 amide bonds. The van der Waals surface area contributed by atoms with Crippen molar-refractivity contribution < 1.29 is 4.74 Å². The number of hydrogen-bond acceptors (Lipinski definition) is 6. The second-order valence-corrected chi connectivity index (χ2v) is 8.14. The first-order valence-electron chi connectivity index (χ1n) is 8.74. The largest absolute Gasteiger partial charge is 0.484 e. The Labute approximate surface area is 153 Å². The van der Waals surface area contributed by atoms with Gasteiger partial charge in [0.15, 0.2) is 5.06 Å². The number of anilines is 1. The third-order valence-corrected chi connectivity index (χ3v) is 5.06. The highest BCUT2D eigenvalue weighted by Crippen LogP contribution is 2.32. The lowest BCUT2D eigenvalue weighted by atomic mass is 9.88. The number of aromatic nitrogens is 2. The zero-order valence-corrected chi connectivity index (χ0v) is 15.9. The molecule has 2 aromatic heterocycles. The number of rotatable bonds is 6. The van der Waals surface area contributed by atoms with Gasteiger partial charge >= 0.3 is 0 Å². The fraction of sp³-hybridized carbons (Fsp3) is 0.474. The van der Waals surface area contributed by atoms with Crippen molar-refractivity contribution in [3.8, 4) is 15.6 Å². The van der Waals surface area contributed by atoms with Gasteiger partial charge in [-0.3, -0.25) is 0 Å². The number of thiophene rings is 1. The monoisotopic (exact) mass is 358 g/mol. The van der Waals surface area contributed by atoms with Crippen LogP contribution in [-0.4, -0.2) is 28.2 Å². The smallest absolute Gasteiger partial charge is 0.223 e. The highest BCUT2D eigenvalue weighted by molar-refractivity contribution is 7.17. The van der Waals surface area contributed by atoms with E-state index in [1.54, 1.807) is 17.5 Å². The average Bonchev–Trinajstić information content (AvgIpc) is 3.00. The van der Waals surface area contributed by atoms with Crippen molar-refractivity contribution in [2.75, 3.05) is 11.9 Å². The lowest BCUT2D eigenvalue weighted by Crippen LogP contribution is -2.48. The number of nitrogens with zero attached hydrogens (tertiary/aromatic N) is 2. The van der Waals surface area contributed by atoms with Crippen molar-refractivity contribution in [3.05, 3.63) is 36.7 Å². The summed E-state index contributed by atoms with van der Waals surface area (Å²) in [6, 6.07) is 6.28. The Bertz CT molecular complexity index is 741. The molecule has 2 aromatic rings. The predicted molar refractivity (Wildman–Crippen MR) is 104 cm³/mol. The highest BCUT2D eigenvalue weighted by Gasteiger charge is 2.29. The summed E-state index contributed by atoms with van der Waals surface area (Å²) in [5.41, 5.74) is 2.01. The number of ether oxygens (including phenoxy) is 1. The predicted octanol–water partition coefficient (Wildman–Crippen LogP) is 4.45. The van der Waals surface area contributed by atoms with E-state index in [2.05, 4.69) is 54.0 Å². The van der Waals surface area contributed by atoms with E-state index in [0.29, 0.717) is 5.95 Å². The fourth-order valence-electron chi connectivity index (χ4n) is 3.15. The van der Waals surface area contributed by atoms with Gasteiger partial charge in [-0.1, -0.05) is 24.8 Å². The topological polar surface area (TPSA) is 59.1 Å². The van der Waals surface area contributed by atoms with Crippen molar-refractivity contribution in [1.29, 1.82) is 0 Å². The molecule has 1 saturated heterocycles. The summed E-state index contributed by atoms with van der Waals surface area (Å²) in [5, 5.41) is 7.84. The summed E-state index contributed by atoms with van der Waals surface area (Å²) < 4.78 is 5.69. The molecule has 0 bridgehead atoms. The molecule has 0 radical (unpaired) electrons. The average molecular weight is 359 g/mol. The van der Waals surface area contributed by atoms with Crippen LogP contribution in [0.4, 0.5) is 5.95 Å². The van der Waals surface area contributed by atoms with Gasteiger partial charge in [0.1, 0.15) is 0 Å². The Morgan fingerprint density at radius 3 is 3.00 bits per heavy atom. The maximum Gasteiger partial charge on any atom is 0.223 e. The van der Waals surface area contributed by atoms with E-state index in [0.717, 1.165) is 47.2 Å². The standard InChI is InChI=1S/C19H26N4OS/c1-5-10-24-17-7-6-16(25-17)15-8-9-20-18(22-15)21-14-11-13(2)23-19(3,4)12-14/h6-9,14,23H,2,5,10-12H2,1,3-4H3,(H,20,21,22). The molecule has 1 unspecified atom stereocenters. The fourth-order valence-corrected chi connectivity index (χ4v) is 4.00. The van der Waals surface area contributed by atoms with E-state index in [1.165, 1.54) is 0 Å². The molecule has 0 aliphatic carbocycles. The zero-order valence-electron chi connectivity index (χ0n) is 15.1. The lowest BCUT2D eigenvalue weighted by Gasteiger charge is -2.38. The maximum absolute atomic E-state index is 5.69. The Morgan fingerprint density at radius 2 is 2.24 bits per heavy atom. The minimum absolute atomic E-state index is 0.0316. The third-order valence-electron chi connectivity index (χ3n) is 4.04. The van der Waals surface area contributed by atoms with Crippen molar-refractivity contribution in [3.63, 3.8) is 0 Å². The molecule has 1 aliphatic heterocycles. The SMILES string of the molecule is C=C1CC(Nc2nccc(-c3ccc(OCCC)s3)n2)CC(C)(C)N1. The van der Waals surface area contributed by atoms with E-state index >= 15 is 0 Å². The molecule has 1 fully saturated rings. The van der Waals surface area contributed by atoms with Gasteiger partial charge in [-0.05, 0) is 44.9 Å². The van der Waals surface area contributed by atoms with Gasteiger partial charge in [0.05, 0.1) is 17.2 Å². The second-order valence-electron chi connectivity index (χ2n) is 7.09. The zero-order chi connectivity index (χ0) is 17.9. The molecule has 0 aromatic carbocycles. The molecule has 1 atom stereocenters. The molecular weight excluding hydrogens is 332 g/mol. The van der Waals surface area contributed by atoms with Crippen LogP contribution in [0.25, 0.3) is 10.6 Å². The minimum Gasteiger partial charge on any atom is -0.484 e. The van der Waals surface area contributed by atoms with Gasteiger partial charge in [-0.25, -0.2) is 9.97 Å². The quantitative estimate of drug-likeness (QED) is 0.799. The highest BCUT2D eigenvalue weighted by atomic mass is 32.1. The van der Waals surface area contributed by atoms with Crippen LogP contribution in [0.2, 0.25) is 0 Å². The molecular formula is C19H26N4OS. The summed E-state index contributed by atoms with van der Waals surface area (Å²) >= 11 is 1.62. The van der Waals surface area contributed by atoms with Gasteiger partial charge in [0.25, 0.3) is 0 Å². The Balaban J connectivity index is 1.71. The Hall–Kier alpha value is -2.08. The number of hydrogen-bond donors (Lipinski definition) is 2. The van der Waals surface area contributed by atoms with Gasteiger partial charge < -0.3 is 15.4 Å². The molecule has 6 heteroatoms. The van der Waals surface area contributed by atoms with E-state index in [4.69, 9.17) is 4.74 Å². The first-order valence-corrected chi connectivity index (χ1v) is 9.55. The molecule has 0 saturated carbocycles. The van der Waals surface area contributed by atoms with Crippen molar-refractivity contribution in [2.24, 2.45) is 0 Å². The normalized spacial score (nSPS) is 19.3. The van der Waals surface area contributed by atoms with Crippen molar-refractivity contribution in [1.82, 2.24) is 15.3 Å². The molecule has 3 rings (SSSR count). The van der Waals surface area contributed by atoms with E-state index < -0.39 is 0 Å². The first kappa shape index (κ1) is 17.7. The van der Waals surface area contributed by atoms with Crippen LogP contribution < -0.4 is 15.4 Å². The van der Waals surface area contributed by atoms with Gasteiger partial charge in [0.2, 0.25) is 5.95 Å². The Morgan fingerprint density at radius 1 is 1.40 bits per heavy atom. The van der Waals surface area contributed by atoms with Crippen molar-refractivity contribution >= 4 is 17.3 Å². The molecule has 3 heterocycles. The molecule has 134 valence electrons. The minimum atomic E-state index is 0.0316. The van der Waals surface area contributed by atoms with Crippen LogP contribution >= 0.6 is 11.3 Å². The first-order chi connectivity index (χ1) is 11.9. The molecule has 0 spiro atoms. The Kier molecular flexibility index (Phi) is 5.27.